The lowest BCUT2D eigenvalue weighted by Gasteiger charge is -2.04. The topological polar surface area (TPSA) is 43.9 Å². The van der Waals surface area contributed by atoms with E-state index in [0.717, 1.165) is 28.3 Å². The first-order chi connectivity index (χ1) is 9.19. The van der Waals surface area contributed by atoms with Gasteiger partial charge < -0.3 is 9.09 Å². The third-order valence-electron chi connectivity index (χ3n) is 2.92. The minimum absolute atomic E-state index is 0.318. The summed E-state index contributed by atoms with van der Waals surface area (Å²) in [6, 6.07) is 7.58. The summed E-state index contributed by atoms with van der Waals surface area (Å²) in [4.78, 5) is 4.47. The number of imidazole rings is 1. The lowest BCUT2D eigenvalue weighted by molar-refractivity contribution is 0.373. The van der Waals surface area contributed by atoms with E-state index in [9.17, 15) is 0 Å². The Bertz CT molecular complexity index is 733. The van der Waals surface area contributed by atoms with E-state index < -0.39 is 0 Å². The Balaban J connectivity index is 2.13. The second-order valence-electron chi connectivity index (χ2n) is 4.29. The first-order valence-electron chi connectivity index (χ1n) is 5.81. The molecule has 98 valence electrons. The van der Waals surface area contributed by atoms with Gasteiger partial charge in [0.15, 0.2) is 5.76 Å². The number of para-hydroxylation sites is 1. The maximum absolute atomic E-state index is 6.15. The molecule has 0 spiro atoms. The fourth-order valence-electron chi connectivity index (χ4n) is 2.09. The Morgan fingerprint density at radius 2 is 2.21 bits per heavy atom. The van der Waals surface area contributed by atoms with Crippen molar-refractivity contribution in [2.75, 3.05) is 0 Å². The monoisotopic (exact) mass is 295 g/mol. The Kier molecular flexibility index (Phi) is 3.21. The molecule has 2 heterocycles. The van der Waals surface area contributed by atoms with Gasteiger partial charge in [-0.1, -0.05) is 22.8 Å². The number of nitrogens with zero attached hydrogens (tertiary/aromatic N) is 3. The minimum Gasteiger partial charge on any atom is -0.359 e. The van der Waals surface area contributed by atoms with Crippen LogP contribution in [-0.2, 0) is 12.4 Å². The van der Waals surface area contributed by atoms with E-state index in [2.05, 4.69) is 10.1 Å². The smallest absolute Gasteiger partial charge is 0.156 e. The fourth-order valence-corrected chi connectivity index (χ4v) is 2.50. The molecule has 19 heavy (non-hydrogen) atoms. The largest absolute Gasteiger partial charge is 0.359 e. The predicted molar refractivity (Wildman–Crippen MR) is 74.6 cm³/mol. The third-order valence-corrected chi connectivity index (χ3v) is 3.46. The molecule has 2 aromatic heterocycles. The highest BCUT2D eigenvalue weighted by Gasteiger charge is 2.14. The molecule has 0 saturated heterocycles. The van der Waals surface area contributed by atoms with Crippen molar-refractivity contribution in [1.82, 2.24) is 14.7 Å². The SMILES string of the molecule is Cc1cc(Cn2c(CCl)nc3c(Cl)cccc32)on1. The van der Waals surface area contributed by atoms with Gasteiger partial charge in [-0.3, -0.25) is 0 Å². The Morgan fingerprint density at radius 1 is 1.37 bits per heavy atom. The molecule has 0 aliphatic rings. The average molecular weight is 296 g/mol. The summed E-state index contributed by atoms with van der Waals surface area (Å²) in [7, 11) is 0. The molecule has 0 fully saturated rings. The summed E-state index contributed by atoms with van der Waals surface area (Å²) in [5.41, 5.74) is 2.55. The van der Waals surface area contributed by atoms with Gasteiger partial charge in [0.2, 0.25) is 0 Å². The van der Waals surface area contributed by atoms with E-state index in [4.69, 9.17) is 27.7 Å². The standard InChI is InChI=1S/C13H11Cl2N3O/c1-8-5-9(19-17-8)7-18-11-4-2-3-10(15)13(11)16-12(18)6-14/h2-5H,6-7H2,1H3. The van der Waals surface area contributed by atoms with Crippen LogP contribution < -0.4 is 0 Å². The number of halogens is 2. The van der Waals surface area contributed by atoms with Gasteiger partial charge in [-0.25, -0.2) is 4.98 Å². The summed E-state index contributed by atoms with van der Waals surface area (Å²) in [5.74, 6) is 1.85. The molecule has 3 aromatic rings. The van der Waals surface area contributed by atoms with Crippen molar-refractivity contribution >= 4 is 34.2 Å². The van der Waals surface area contributed by atoms with Crippen LogP contribution in [0.3, 0.4) is 0 Å². The van der Waals surface area contributed by atoms with Crippen molar-refractivity contribution in [3.05, 3.63) is 46.6 Å². The molecule has 0 amide bonds. The van der Waals surface area contributed by atoms with E-state index >= 15 is 0 Å². The normalized spacial score (nSPS) is 11.3. The number of fused-ring (bicyclic) bond motifs is 1. The molecule has 0 unspecified atom stereocenters. The van der Waals surface area contributed by atoms with Crippen LogP contribution in [0.5, 0.6) is 0 Å². The maximum Gasteiger partial charge on any atom is 0.156 e. The molecule has 0 bridgehead atoms. The molecule has 0 saturated carbocycles. The summed E-state index contributed by atoms with van der Waals surface area (Å²) in [6.45, 7) is 2.43. The van der Waals surface area contributed by atoms with Crippen molar-refractivity contribution in [1.29, 1.82) is 0 Å². The quantitative estimate of drug-likeness (QED) is 0.691. The molecule has 0 aliphatic heterocycles. The fraction of sp³-hybridized carbons (Fsp3) is 0.231. The van der Waals surface area contributed by atoms with Crippen molar-refractivity contribution in [2.45, 2.75) is 19.3 Å². The molecular formula is C13H11Cl2N3O. The van der Waals surface area contributed by atoms with Crippen molar-refractivity contribution in [3.8, 4) is 0 Å². The minimum atomic E-state index is 0.318. The highest BCUT2D eigenvalue weighted by Crippen LogP contribution is 2.25. The highest BCUT2D eigenvalue weighted by atomic mass is 35.5. The van der Waals surface area contributed by atoms with Crippen molar-refractivity contribution in [3.63, 3.8) is 0 Å². The summed E-state index contributed by atoms with van der Waals surface area (Å²) >= 11 is 12.1. The molecule has 0 radical (unpaired) electrons. The molecule has 4 nitrogen and oxygen atoms in total. The van der Waals surface area contributed by atoms with Gasteiger partial charge in [0.05, 0.1) is 28.7 Å². The number of hydrogen-bond acceptors (Lipinski definition) is 3. The van der Waals surface area contributed by atoms with Crippen LogP contribution in [0.1, 0.15) is 17.3 Å². The van der Waals surface area contributed by atoms with Crippen LogP contribution >= 0.6 is 23.2 Å². The molecule has 0 atom stereocenters. The molecule has 0 N–H and O–H groups in total. The summed E-state index contributed by atoms with van der Waals surface area (Å²) in [6.07, 6.45) is 0. The second kappa shape index (κ2) is 4.87. The van der Waals surface area contributed by atoms with E-state index in [1.54, 1.807) is 0 Å². The number of hydrogen-bond donors (Lipinski definition) is 0. The average Bonchev–Trinajstić information content (AvgIpc) is 2.96. The number of aryl methyl sites for hydroxylation is 1. The molecule has 3 rings (SSSR count). The number of rotatable bonds is 3. The van der Waals surface area contributed by atoms with Gasteiger partial charge in [-0.2, -0.15) is 0 Å². The van der Waals surface area contributed by atoms with E-state index in [1.807, 2.05) is 35.8 Å². The third kappa shape index (κ3) is 2.22. The van der Waals surface area contributed by atoms with Crippen LogP contribution in [-0.4, -0.2) is 14.7 Å². The van der Waals surface area contributed by atoms with Gasteiger partial charge in [0.25, 0.3) is 0 Å². The van der Waals surface area contributed by atoms with Crippen molar-refractivity contribution < 1.29 is 4.52 Å². The zero-order chi connectivity index (χ0) is 13.4. The number of benzene rings is 1. The lowest BCUT2D eigenvalue weighted by Crippen LogP contribution is -2.02. The van der Waals surface area contributed by atoms with Gasteiger partial charge in [0, 0.05) is 6.07 Å². The Labute approximate surface area is 119 Å². The molecule has 6 heteroatoms. The highest BCUT2D eigenvalue weighted by molar-refractivity contribution is 6.35. The second-order valence-corrected chi connectivity index (χ2v) is 4.96. The summed E-state index contributed by atoms with van der Waals surface area (Å²) < 4.78 is 7.24. The van der Waals surface area contributed by atoms with E-state index in [0.29, 0.717) is 17.4 Å². The Morgan fingerprint density at radius 3 is 2.89 bits per heavy atom. The van der Waals surface area contributed by atoms with Gasteiger partial charge >= 0.3 is 0 Å². The van der Waals surface area contributed by atoms with Crippen molar-refractivity contribution in [2.24, 2.45) is 0 Å². The molecule has 0 aliphatic carbocycles. The first-order valence-corrected chi connectivity index (χ1v) is 6.72. The molecular weight excluding hydrogens is 285 g/mol. The lowest BCUT2D eigenvalue weighted by atomic mass is 10.3. The first kappa shape index (κ1) is 12.5. The maximum atomic E-state index is 6.15. The number of alkyl halides is 1. The van der Waals surface area contributed by atoms with Crippen LogP contribution in [0, 0.1) is 6.92 Å². The number of aromatic nitrogens is 3. The van der Waals surface area contributed by atoms with E-state index in [-0.39, 0.29) is 0 Å². The van der Waals surface area contributed by atoms with Crippen LogP contribution in [0.25, 0.3) is 11.0 Å². The predicted octanol–water partition coefficient (Wildman–Crippen LogP) is 3.77. The Hall–Kier alpha value is -1.52. The zero-order valence-electron chi connectivity index (χ0n) is 10.2. The van der Waals surface area contributed by atoms with Crippen LogP contribution in [0.4, 0.5) is 0 Å². The van der Waals surface area contributed by atoms with E-state index in [1.165, 1.54) is 0 Å². The van der Waals surface area contributed by atoms with Gasteiger partial charge in [-0.15, -0.1) is 11.6 Å². The van der Waals surface area contributed by atoms with Gasteiger partial charge in [0.1, 0.15) is 11.3 Å². The van der Waals surface area contributed by atoms with Crippen LogP contribution in [0.15, 0.2) is 28.8 Å². The zero-order valence-corrected chi connectivity index (χ0v) is 11.7. The van der Waals surface area contributed by atoms with Crippen LogP contribution in [0.2, 0.25) is 5.02 Å². The van der Waals surface area contributed by atoms with Gasteiger partial charge in [-0.05, 0) is 19.1 Å². The molecule has 1 aromatic carbocycles. The summed E-state index contributed by atoms with van der Waals surface area (Å²) in [5, 5.41) is 4.50.